The van der Waals surface area contributed by atoms with Crippen molar-refractivity contribution in [1.82, 2.24) is 9.88 Å². The number of amides is 1. The van der Waals surface area contributed by atoms with Crippen LogP contribution in [0.3, 0.4) is 0 Å². The number of likely N-dealkylation sites (tertiary alicyclic amines) is 1. The van der Waals surface area contributed by atoms with Gasteiger partial charge in [0, 0.05) is 26.1 Å². The first-order valence-corrected chi connectivity index (χ1v) is 7.72. The van der Waals surface area contributed by atoms with E-state index >= 15 is 0 Å². The summed E-state index contributed by atoms with van der Waals surface area (Å²) in [6, 6.07) is 8.21. The van der Waals surface area contributed by atoms with Crippen LogP contribution in [0, 0.1) is 0 Å². The molecule has 3 rings (SSSR count). The van der Waals surface area contributed by atoms with Gasteiger partial charge in [0.1, 0.15) is 6.61 Å². The minimum atomic E-state index is 0.0818. The van der Waals surface area contributed by atoms with Crippen LogP contribution < -0.4 is 0 Å². The number of benzene rings is 1. The Morgan fingerprint density at radius 3 is 3.15 bits per heavy atom. The highest BCUT2D eigenvalue weighted by Gasteiger charge is 2.26. The lowest BCUT2D eigenvalue weighted by molar-refractivity contribution is -0.136. The maximum absolute atomic E-state index is 11.9. The van der Waals surface area contributed by atoms with Gasteiger partial charge in [0.25, 0.3) is 0 Å². The van der Waals surface area contributed by atoms with Gasteiger partial charge >= 0.3 is 0 Å². The lowest BCUT2D eigenvalue weighted by Crippen LogP contribution is -2.40. The molecule has 1 amide bonds. The molecule has 20 heavy (non-hydrogen) atoms. The molecule has 1 saturated heterocycles. The minimum Gasteiger partial charge on any atom is -0.375 e. The highest BCUT2D eigenvalue weighted by molar-refractivity contribution is 7.18. The van der Waals surface area contributed by atoms with Crippen molar-refractivity contribution in [3.63, 3.8) is 0 Å². The van der Waals surface area contributed by atoms with Crippen LogP contribution in [0.4, 0.5) is 0 Å². The number of carbonyl (C=O) groups is 1. The van der Waals surface area contributed by atoms with E-state index in [2.05, 4.69) is 6.07 Å². The van der Waals surface area contributed by atoms with Crippen LogP contribution >= 0.6 is 11.3 Å². The molecule has 2 heterocycles. The number of hydrogen-bond donors (Lipinski definition) is 0. The van der Waals surface area contributed by atoms with Crippen molar-refractivity contribution >= 4 is 27.5 Å². The number of piperidine rings is 1. The molecule has 4 nitrogen and oxygen atoms in total. The van der Waals surface area contributed by atoms with Crippen LogP contribution in [0.2, 0.25) is 0 Å². The predicted molar refractivity (Wildman–Crippen MR) is 80.1 cm³/mol. The van der Waals surface area contributed by atoms with Crippen LogP contribution in [0.5, 0.6) is 0 Å². The molecule has 1 aromatic carbocycles. The van der Waals surface area contributed by atoms with E-state index in [0.717, 1.165) is 36.5 Å². The number of para-hydroxylation sites is 1. The van der Waals surface area contributed by atoms with Gasteiger partial charge in [0.05, 0.1) is 15.2 Å². The highest BCUT2D eigenvalue weighted by Crippen LogP contribution is 2.32. The van der Waals surface area contributed by atoms with Crippen LogP contribution in [-0.2, 0) is 9.53 Å². The van der Waals surface area contributed by atoms with E-state index in [-0.39, 0.29) is 12.5 Å². The molecule has 2 aromatic rings. The van der Waals surface area contributed by atoms with Crippen LogP contribution in [0.25, 0.3) is 10.2 Å². The second-order valence-corrected chi connectivity index (χ2v) is 6.19. The number of thiazole rings is 1. The summed E-state index contributed by atoms with van der Waals surface area (Å²) in [5, 5.41) is 1.15. The van der Waals surface area contributed by atoms with Crippen LogP contribution in [0.1, 0.15) is 23.8 Å². The average molecular weight is 290 g/mol. The maximum Gasteiger partial charge on any atom is 0.248 e. The lowest BCUT2D eigenvalue weighted by atomic mass is 9.99. The van der Waals surface area contributed by atoms with E-state index in [0.29, 0.717) is 5.92 Å². The topological polar surface area (TPSA) is 42.4 Å². The Kier molecular flexibility index (Phi) is 3.98. The molecule has 1 aliphatic rings. The molecule has 1 unspecified atom stereocenters. The largest absolute Gasteiger partial charge is 0.375 e. The van der Waals surface area contributed by atoms with Gasteiger partial charge < -0.3 is 9.64 Å². The fourth-order valence-corrected chi connectivity index (χ4v) is 3.78. The number of carbonyl (C=O) groups excluding carboxylic acids is 1. The number of hydrogen-bond acceptors (Lipinski definition) is 4. The van der Waals surface area contributed by atoms with Gasteiger partial charge in [-0.3, -0.25) is 4.79 Å². The summed E-state index contributed by atoms with van der Waals surface area (Å²) in [5.74, 6) is 0.445. The minimum absolute atomic E-state index is 0.0818. The van der Waals surface area contributed by atoms with Crippen molar-refractivity contribution in [3.05, 3.63) is 29.3 Å². The van der Waals surface area contributed by atoms with Crippen molar-refractivity contribution in [2.24, 2.45) is 0 Å². The van der Waals surface area contributed by atoms with E-state index in [1.54, 1.807) is 18.4 Å². The fourth-order valence-electron chi connectivity index (χ4n) is 2.68. The van der Waals surface area contributed by atoms with Gasteiger partial charge in [-0.25, -0.2) is 4.98 Å². The zero-order valence-electron chi connectivity index (χ0n) is 11.5. The SMILES string of the molecule is COCC(=O)N1CCCC(c2nc3ccccc3s2)C1. The quantitative estimate of drug-likeness (QED) is 0.872. The van der Waals surface area contributed by atoms with Crippen molar-refractivity contribution in [2.75, 3.05) is 26.8 Å². The third-order valence-electron chi connectivity index (χ3n) is 3.70. The molecular formula is C15H18N2O2S. The molecular weight excluding hydrogens is 272 g/mol. The molecule has 0 N–H and O–H groups in total. The summed E-state index contributed by atoms with van der Waals surface area (Å²) in [6.45, 7) is 1.78. The fraction of sp³-hybridized carbons (Fsp3) is 0.467. The normalized spacial score (nSPS) is 19.4. The molecule has 1 fully saturated rings. The van der Waals surface area contributed by atoms with E-state index in [1.807, 2.05) is 23.1 Å². The Balaban J connectivity index is 1.77. The average Bonchev–Trinajstić information content (AvgIpc) is 2.91. The van der Waals surface area contributed by atoms with Gasteiger partial charge in [0.2, 0.25) is 5.91 Å². The van der Waals surface area contributed by atoms with Gasteiger partial charge in [-0.2, -0.15) is 0 Å². The summed E-state index contributed by atoms with van der Waals surface area (Å²) in [6.07, 6.45) is 2.15. The van der Waals surface area contributed by atoms with Crippen LogP contribution in [-0.4, -0.2) is 42.6 Å². The number of rotatable bonds is 3. The molecule has 0 saturated carbocycles. The van der Waals surface area contributed by atoms with E-state index in [9.17, 15) is 4.79 Å². The smallest absolute Gasteiger partial charge is 0.248 e. The molecule has 0 spiro atoms. The summed E-state index contributed by atoms with van der Waals surface area (Å²) in [4.78, 5) is 18.6. The summed E-state index contributed by atoms with van der Waals surface area (Å²) in [5.41, 5.74) is 1.06. The van der Waals surface area contributed by atoms with Crippen molar-refractivity contribution < 1.29 is 9.53 Å². The van der Waals surface area contributed by atoms with Gasteiger partial charge in [0.15, 0.2) is 0 Å². The van der Waals surface area contributed by atoms with Gasteiger partial charge in [-0.1, -0.05) is 12.1 Å². The molecule has 106 valence electrons. The Morgan fingerprint density at radius 1 is 1.50 bits per heavy atom. The Labute approximate surface area is 122 Å². The Morgan fingerprint density at radius 2 is 2.35 bits per heavy atom. The molecule has 0 aliphatic carbocycles. The summed E-state index contributed by atoms with van der Waals surface area (Å²) >= 11 is 1.75. The van der Waals surface area contributed by atoms with Gasteiger partial charge in [-0.05, 0) is 25.0 Å². The first-order valence-electron chi connectivity index (χ1n) is 6.90. The van der Waals surface area contributed by atoms with E-state index < -0.39 is 0 Å². The predicted octanol–water partition coefficient (Wildman–Crippen LogP) is 2.65. The highest BCUT2D eigenvalue weighted by atomic mass is 32.1. The molecule has 1 aliphatic heterocycles. The van der Waals surface area contributed by atoms with Crippen LogP contribution in [0.15, 0.2) is 24.3 Å². The molecule has 1 aromatic heterocycles. The summed E-state index contributed by atoms with van der Waals surface area (Å²) in [7, 11) is 1.56. The summed E-state index contributed by atoms with van der Waals surface area (Å²) < 4.78 is 6.17. The zero-order chi connectivity index (χ0) is 13.9. The Hall–Kier alpha value is -1.46. The number of methoxy groups -OCH3 is 1. The number of nitrogens with zero attached hydrogens (tertiary/aromatic N) is 2. The third-order valence-corrected chi connectivity index (χ3v) is 4.90. The molecule has 0 radical (unpaired) electrons. The second-order valence-electron chi connectivity index (χ2n) is 5.13. The number of aromatic nitrogens is 1. The number of fused-ring (bicyclic) bond motifs is 1. The lowest BCUT2D eigenvalue weighted by Gasteiger charge is -2.31. The van der Waals surface area contributed by atoms with Gasteiger partial charge in [-0.15, -0.1) is 11.3 Å². The van der Waals surface area contributed by atoms with Crippen molar-refractivity contribution in [3.8, 4) is 0 Å². The maximum atomic E-state index is 11.9. The number of ether oxygens (including phenoxy) is 1. The monoisotopic (exact) mass is 290 g/mol. The Bertz CT molecular complexity index is 578. The standard InChI is InChI=1S/C15H18N2O2S/c1-19-10-14(18)17-8-4-5-11(9-17)15-16-12-6-2-3-7-13(12)20-15/h2-3,6-7,11H,4-5,8-10H2,1H3. The van der Waals surface area contributed by atoms with E-state index in [1.165, 1.54) is 4.70 Å². The van der Waals surface area contributed by atoms with E-state index in [4.69, 9.17) is 9.72 Å². The van der Waals surface area contributed by atoms with Crippen molar-refractivity contribution in [2.45, 2.75) is 18.8 Å². The second kappa shape index (κ2) is 5.89. The molecule has 0 bridgehead atoms. The first kappa shape index (κ1) is 13.5. The van der Waals surface area contributed by atoms with Crippen molar-refractivity contribution in [1.29, 1.82) is 0 Å². The molecule has 1 atom stereocenters. The third kappa shape index (κ3) is 2.69. The first-order chi connectivity index (χ1) is 9.78. The molecule has 5 heteroatoms. The zero-order valence-corrected chi connectivity index (χ0v) is 12.4.